The first-order chi connectivity index (χ1) is 10.7. The minimum atomic E-state index is -2.29. The quantitative estimate of drug-likeness (QED) is 0.191. The van der Waals surface area contributed by atoms with Crippen LogP contribution in [0.2, 0.25) is 51.9 Å². The summed E-state index contributed by atoms with van der Waals surface area (Å²) in [5, 5.41) is 8.98. The summed E-state index contributed by atoms with van der Waals surface area (Å²) in [4.78, 5) is 11.9. The fourth-order valence-corrected chi connectivity index (χ4v) is 14.9. The molecular formula is C16H33NO4Si3. The molecule has 0 spiro atoms. The molecule has 0 aromatic heterocycles. The van der Waals surface area contributed by atoms with Crippen LogP contribution in [0.4, 0.5) is 0 Å². The minimum Gasteiger partial charge on any atom is -0.462 e. The molecule has 0 fully saturated rings. The first-order valence-corrected chi connectivity index (χ1v) is 17.7. The zero-order chi connectivity index (χ0) is 19.2. The third-order valence-electron chi connectivity index (χ3n) is 2.87. The maximum absolute atomic E-state index is 11.9. The molecule has 8 heteroatoms. The highest BCUT2D eigenvalue weighted by atomic mass is 28.5. The lowest BCUT2D eigenvalue weighted by atomic mass is 10.2. The number of nitriles is 1. The Morgan fingerprint density at radius 3 is 1.75 bits per heavy atom. The van der Waals surface area contributed by atoms with E-state index in [1.807, 2.05) is 6.07 Å². The predicted molar refractivity (Wildman–Crippen MR) is 105 cm³/mol. The van der Waals surface area contributed by atoms with Gasteiger partial charge in [0, 0.05) is 0 Å². The largest absolute Gasteiger partial charge is 0.462 e. The molecule has 0 saturated heterocycles. The molecule has 0 aliphatic rings. The van der Waals surface area contributed by atoms with Crippen LogP contribution in [-0.2, 0) is 17.8 Å². The summed E-state index contributed by atoms with van der Waals surface area (Å²) in [6, 6.07) is 2.68. The van der Waals surface area contributed by atoms with Gasteiger partial charge >= 0.3 is 14.5 Å². The van der Waals surface area contributed by atoms with Crippen molar-refractivity contribution in [1.82, 2.24) is 0 Å². The molecule has 24 heavy (non-hydrogen) atoms. The topological polar surface area (TPSA) is 68.6 Å². The van der Waals surface area contributed by atoms with E-state index in [-0.39, 0.29) is 12.2 Å². The molecule has 5 nitrogen and oxygen atoms in total. The molecule has 0 amide bonds. The van der Waals surface area contributed by atoms with Gasteiger partial charge in [-0.15, -0.1) is 0 Å². The van der Waals surface area contributed by atoms with E-state index in [2.05, 4.69) is 45.8 Å². The highest BCUT2D eigenvalue weighted by Gasteiger charge is 2.39. The summed E-state index contributed by atoms with van der Waals surface area (Å²) in [6.45, 7) is 18.9. The Balaban J connectivity index is 4.73. The maximum Gasteiger partial charge on any atom is 0.348 e. The van der Waals surface area contributed by atoms with Gasteiger partial charge in [-0.1, -0.05) is 5.57 Å². The van der Waals surface area contributed by atoms with E-state index in [0.717, 1.165) is 6.04 Å². The summed E-state index contributed by atoms with van der Waals surface area (Å²) >= 11 is 0. The molecule has 0 aliphatic heterocycles. The second kappa shape index (κ2) is 9.10. The third kappa shape index (κ3) is 10.2. The number of carbonyl (C=O) groups excluding carboxylic acids is 1. The van der Waals surface area contributed by atoms with Gasteiger partial charge in [0.1, 0.15) is 11.6 Å². The van der Waals surface area contributed by atoms with Crippen LogP contribution in [0.3, 0.4) is 0 Å². The smallest absolute Gasteiger partial charge is 0.348 e. The Morgan fingerprint density at radius 2 is 1.42 bits per heavy atom. The fraction of sp³-hybridized carbons (Fsp3) is 0.750. The highest BCUT2D eigenvalue weighted by Crippen LogP contribution is 2.25. The summed E-state index contributed by atoms with van der Waals surface area (Å²) in [6.07, 6.45) is 0.685. The van der Waals surface area contributed by atoms with Crippen molar-refractivity contribution in [3.8, 4) is 6.07 Å². The van der Waals surface area contributed by atoms with Crippen LogP contribution >= 0.6 is 0 Å². The minimum absolute atomic E-state index is 0.0895. The van der Waals surface area contributed by atoms with Crippen LogP contribution in [0.25, 0.3) is 0 Å². The van der Waals surface area contributed by atoms with E-state index < -0.39 is 31.2 Å². The lowest BCUT2D eigenvalue weighted by Gasteiger charge is -2.38. The Labute approximate surface area is 150 Å². The average molecular weight is 388 g/mol. The second-order valence-corrected chi connectivity index (χ2v) is 21.1. The number of esters is 1. The number of rotatable bonds is 9. The predicted octanol–water partition coefficient (Wildman–Crippen LogP) is 4.55. The van der Waals surface area contributed by atoms with Gasteiger partial charge in [-0.05, 0) is 72.1 Å². The molecule has 0 aromatic rings. The molecule has 0 unspecified atom stereocenters. The summed E-state index contributed by atoms with van der Waals surface area (Å²) in [5.74, 6) is -0.543. The van der Waals surface area contributed by atoms with Crippen molar-refractivity contribution in [3.63, 3.8) is 0 Å². The molecule has 0 rings (SSSR count). The number of hydrogen-bond acceptors (Lipinski definition) is 5. The Hall–Kier alpha value is -0.729. The van der Waals surface area contributed by atoms with Gasteiger partial charge in [-0.3, -0.25) is 0 Å². The van der Waals surface area contributed by atoms with E-state index in [9.17, 15) is 4.79 Å². The lowest BCUT2D eigenvalue weighted by Crippen LogP contribution is -2.52. The lowest BCUT2D eigenvalue weighted by molar-refractivity contribution is -0.138. The Morgan fingerprint density at radius 1 is 0.958 bits per heavy atom. The SMILES string of the molecule is CC(C)=C(C#N)C(=O)OCCC[Si](C)(O[Si](C)(C)C)O[Si](C)(C)C. The summed E-state index contributed by atoms with van der Waals surface area (Å²) < 4.78 is 18.0. The number of carbonyl (C=O) groups is 1. The highest BCUT2D eigenvalue weighted by molar-refractivity contribution is 6.87. The summed E-state index contributed by atoms with van der Waals surface area (Å²) in [7, 11) is -5.72. The second-order valence-electron chi connectivity index (χ2n) is 8.29. The van der Waals surface area contributed by atoms with E-state index >= 15 is 0 Å². The Bertz CT molecular complexity index is 493. The monoisotopic (exact) mass is 387 g/mol. The zero-order valence-corrected chi connectivity index (χ0v) is 19.7. The molecule has 0 heterocycles. The van der Waals surface area contributed by atoms with E-state index in [1.54, 1.807) is 13.8 Å². The number of allylic oxidation sites excluding steroid dienone is 1. The van der Waals surface area contributed by atoms with Crippen molar-refractivity contribution in [2.75, 3.05) is 6.61 Å². The number of hydrogen-bond donors (Lipinski definition) is 0. The van der Waals surface area contributed by atoms with Crippen molar-refractivity contribution >= 4 is 31.2 Å². The van der Waals surface area contributed by atoms with Gasteiger partial charge in [0.15, 0.2) is 16.6 Å². The van der Waals surface area contributed by atoms with Crippen molar-refractivity contribution in [3.05, 3.63) is 11.1 Å². The first-order valence-electron chi connectivity index (χ1n) is 8.34. The molecule has 0 bridgehead atoms. The standard InChI is InChI=1S/C16H33NO4Si3/c1-14(2)15(13-17)16(18)19-11-10-12-24(9,20-22(3,4)5)21-23(6,7)8/h10-12H2,1-9H3. The van der Waals surface area contributed by atoms with E-state index in [1.165, 1.54) is 0 Å². The van der Waals surface area contributed by atoms with Crippen LogP contribution in [0.15, 0.2) is 11.1 Å². The maximum atomic E-state index is 11.9. The van der Waals surface area contributed by atoms with Crippen LogP contribution in [-0.4, -0.2) is 37.8 Å². The molecular weight excluding hydrogens is 354 g/mol. The molecule has 0 atom stereocenters. The normalized spacial score (nSPS) is 12.5. The van der Waals surface area contributed by atoms with E-state index in [4.69, 9.17) is 18.2 Å². The third-order valence-corrected chi connectivity index (χ3v) is 12.5. The van der Waals surface area contributed by atoms with Crippen molar-refractivity contribution in [2.24, 2.45) is 0 Å². The van der Waals surface area contributed by atoms with Gasteiger partial charge in [-0.25, -0.2) is 4.79 Å². The van der Waals surface area contributed by atoms with Gasteiger partial charge < -0.3 is 13.0 Å². The van der Waals surface area contributed by atoms with Crippen LogP contribution in [0, 0.1) is 11.3 Å². The van der Waals surface area contributed by atoms with Crippen molar-refractivity contribution in [1.29, 1.82) is 5.26 Å². The van der Waals surface area contributed by atoms with Gasteiger partial charge in [0.25, 0.3) is 0 Å². The molecule has 0 aromatic carbocycles. The van der Waals surface area contributed by atoms with Crippen LogP contribution in [0.5, 0.6) is 0 Å². The first kappa shape index (κ1) is 23.3. The molecule has 0 aliphatic carbocycles. The molecule has 0 N–H and O–H groups in total. The van der Waals surface area contributed by atoms with Crippen LogP contribution in [0.1, 0.15) is 20.3 Å². The number of nitrogens with zero attached hydrogens (tertiary/aromatic N) is 1. The molecule has 138 valence electrons. The average Bonchev–Trinajstić information content (AvgIpc) is 2.30. The molecule has 0 saturated carbocycles. The van der Waals surface area contributed by atoms with Crippen molar-refractivity contribution < 1.29 is 17.8 Å². The van der Waals surface area contributed by atoms with E-state index in [0.29, 0.717) is 12.0 Å². The molecule has 0 radical (unpaired) electrons. The fourth-order valence-electron chi connectivity index (χ4n) is 2.41. The van der Waals surface area contributed by atoms with Gasteiger partial charge in [0.2, 0.25) is 0 Å². The summed E-state index contributed by atoms with van der Waals surface area (Å²) in [5.41, 5.74) is 0.762. The zero-order valence-electron chi connectivity index (χ0n) is 16.7. The van der Waals surface area contributed by atoms with Gasteiger partial charge in [0.05, 0.1) is 6.61 Å². The number of ether oxygens (including phenoxy) is 1. The Kier molecular flexibility index (Phi) is 8.83. The van der Waals surface area contributed by atoms with Gasteiger partial charge in [-0.2, -0.15) is 5.26 Å². The van der Waals surface area contributed by atoms with Crippen LogP contribution < -0.4 is 0 Å². The van der Waals surface area contributed by atoms with Crippen molar-refractivity contribution in [2.45, 2.75) is 72.1 Å².